The van der Waals surface area contributed by atoms with Crippen LogP contribution in [0.2, 0.25) is 0 Å². The molecule has 0 unspecified atom stereocenters. The van der Waals surface area contributed by atoms with Gasteiger partial charge in [-0.15, -0.1) is 0 Å². The Labute approximate surface area is 75.0 Å². The van der Waals surface area contributed by atoms with Gasteiger partial charge in [0, 0.05) is 11.4 Å². The Morgan fingerprint density at radius 3 is 2.15 bits per heavy atom. The fraction of sp³-hybridized carbons (Fsp3) is 0.333. The van der Waals surface area contributed by atoms with E-state index in [1.807, 2.05) is 0 Å². The first kappa shape index (κ1) is 8.29. The highest BCUT2D eigenvalue weighted by molar-refractivity contribution is 5.55. The van der Waals surface area contributed by atoms with Crippen LogP contribution >= 0.6 is 0 Å². The van der Waals surface area contributed by atoms with Gasteiger partial charge in [0.1, 0.15) is 0 Å². The van der Waals surface area contributed by atoms with Gasteiger partial charge in [-0.3, -0.25) is 0 Å². The molecule has 2 rings (SSSR count). The molecule has 0 bridgehead atoms. The van der Waals surface area contributed by atoms with Crippen molar-refractivity contribution in [3.63, 3.8) is 0 Å². The molecule has 4 heteroatoms. The first-order chi connectivity index (χ1) is 6.07. The van der Waals surface area contributed by atoms with Crippen LogP contribution in [0.15, 0.2) is 24.3 Å². The molecule has 70 valence electrons. The summed E-state index contributed by atoms with van der Waals surface area (Å²) in [4.78, 5) is 1.62. The fourth-order valence-corrected chi connectivity index (χ4v) is 1.38. The molecule has 0 aliphatic carbocycles. The van der Waals surface area contributed by atoms with E-state index in [1.165, 1.54) is 0 Å². The summed E-state index contributed by atoms with van der Waals surface area (Å²) in [6.07, 6.45) is 0. The zero-order chi connectivity index (χ0) is 9.47. The van der Waals surface area contributed by atoms with Gasteiger partial charge < -0.3 is 10.6 Å². The highest BCUT2D eigenvalue weighted by Gasteiger charge is 2.43. The van der Waals surface area contributed by atoms with Crippen molar-refractivity contribution < 1.29 is 8.78 Å². The van der Waals surface area contributed by atoms with Crippen molar-refractivity contribution in [2.24, 2.45) is 0 Å². The number of nitrogen functional groups attached to an aromatic ring is 1. The summed E-state index contributed by atoms with van der Waals surface area (Å²) in [5, 5.41) is 0. The quantitative estimate of drug-likeness (QED) is 0.673. The Bertz CT molecular complexity index is 300. The molecule has 0 radical (unpaired) electrons. The molecule has 0 aromatic heterocycles. The van der Waals surface area contributed by atoms with E-state index in [0.717, 1.165) is 5.69 Å². The van der Waals surface area contributed by atoms with Crippen LogP contribution in [0.4, 0.5) is 20.2 Å². The lowest BCUT2D eigenvalue weighted by atomic mass is 10.1. The molecular weight excluding hydrogens is 174 g/mol. The third-order valence-electron chi connectivity index (χ3n) is 2.10. The van der Waals surface area contributed by atoms with Gasteiger partial charge in [0.15, 0.2) is 0 Å². The molecule has 2 N–H and O–H groups in total. The minimum absolute atomic E-state index is 0.184. The predicted molar refractivity (Wildman–Crippen MR) is 48.0 cm³/mol. The normalized spacial score (nSPS) is 19.7. The minimum Gasteiger partial charge on any atom is -0.399 e. The number of anilines is 2. The molecule has 0 spiro atoms. The summed E-state index contributed by atoms with van der Waals surface area (Å²) < 4.78 is 25.0. The summed E-state index contributed by atoms with van der Waals surface area (Å²) in [6, 6.07) is 6.94. The Kier molecular flexibility index (Phi) is 1.65. The largest absolute Gasteiger partial charge is 0.399 e. The number of nitrogens with two attached hydrogens (primary N) is 1. The van der Waals surface area contributed by atoms with Crippen molar-refractivity contribution >= 4 is 11.4 Å². The SMILES string of the molecule is Nc1ccc(N2CC(F)(F)C2)cc1. The van der Waals surface area contributed by atoms with E-state index in [9.17, 15) is 8.78 Å². The van der Waals surface area contributed by atoms with Crippen molar-refractivity contribution in [2.45, 2.75) is 5.92 Å². The van der Waals surface area contributed by atoms with Crippen LogP contribution in [-0.2, 0) is 0 Å². The van der Waals surface area contributed by atoms with Gasteiger partial charge in [0.2, 0.25) is 0 Å². The molecule has 1 aliphatic heterocycles. The average molecular weight is 184 g/mol. The summed E-state index contributed by atoms with van der Waals surface area (Å²) in [7, 11) is 0. The smallest absolute Gasteiger partial charge is 0.282 e. The third kappa shape index (κ3) is 1.56. The molecule has 13 heavy (non-hydrogen) atoms. The van der Waals surface area contributed by atoms with Gasteiger partial charge in [-0.2, -0.15) is 0 Å². The summed E-state index contributed by atoms with van der Waals surface area (Å²) in [5.74, 6) is -2.51. The van der Waals surface area contributed by atoms with Crippen molar-refractivity contribution in [1.29, 1.82) is 0 Å². The second-order valence-electron chi connectivity index (χ2n) is 3.30. The molecular formula is C9H10F2N2. The second-order valence-corrected chi connectivity index (χ2v) is 3.30. The molecule has 2 nitrogen and oxygen atoms in total. The second kappa shape index (κ2) is 2.58. The monoisotopic (exact) mass is 184 g/mol. The molecule has 0 saturated carbocycles. The van der Waals surface area contributed by atoms with Crippen LogP contribution in [0, 0.1) is 0 Å². The number of alkyl halides is 2. The van der Waals surface area contributed by atoms with Crippen LogP contribution in [-0.4, -0.2) is 19.0 Å². The van der Waals surface area contributed by atoms with Crippen molar-refractivity contribution in [3.05, 3.63) is 24.3 Å². The van der Waals surface area contributed by atoms with Crippen molar-refractivity contribution in [1.82, 2.24) is 0 Å². The lowest BCUT2D eigenvalue weighted by Crippen LogP contribution is -2.56. The fourth-order valence-electron chi connectivity index (χ4n) is 1.38. The molecule has 1 fully saturated rings. The van der Waals surface area contributed by atoms with Crippen LogP contribution in [0.1, 0.15) is 0 Å². The zero-order valence-corrected chi connectivity index (χ0v) is 7.00. The molecule has 1 aliphatic rings. The van der Waals surface area contributed by atoms with Crippen LogP contribution in [0.3, 0.4) is 0 Å². The lowest BCUT2D eigenvalue weighted by molar-refractivity contribution is -0.0262. The van der Waals surface area contributed by atoms with E-state index in [-0.39, 0.29) is 13.1 Å². The standard InChI is InChI=1S/C9H10F2N2/c10-9(11)5-13(6-9)8-3-1-7(12)2-4-8/h1-4H,5-6,12H2. The molecule has 0 atom stereocenters. The predicted octanol–water partition coefficient (Wildman–Crippen LogP) is 1.72. The van der Waals surface area contributed by atoms with Crippen molar-refractivity contribution in [2.75, 3.05) is 23.7 Å². The van der Waals surface area contributed by atoms with E-state index in [2.05, 4.69) is 0 Å². The first-order valence-electron chi connectivity index (χ1n) is 4.05. The highest BCUT2D eigenvalue weighted by atomic mass is 19.3. The maximum atomic E-state index is 12.5. The summed E-state index contributed by atoms with van der Waals surface area (Å²) in [5.41, 5.74) is 6.93. The molecule has 1 aromatic carbocycles. The van der Waals surface area contributed by atoms with Gasteiger partial charge in [0.25, 0.3) is 5.92 Å². The van der Waals surface area contributed by atoms with E-state index in [4.69, 9.17) is 5.73 Å². The number of rotatable bonds is 1. The van der Waals surface area contributed by atoms with Crippen LogP contribution in [0.5, 0.6) is 0 Å². The topological polar surface area (TPSA) is 29.3 Å². The maximum Gasteiger partial charge on any atom is 0.282 e. The van der Waals surface area contributed by atoms with E-state index < -0.39 is 5.92 Å². The Morgan fingerprint density at radius 2 is 1.69 bits per heavy atom. The summed E-state index contributed by atoms with van der Waals surface area (Å²) in [6.45, 7) is -0.367. The Balaban J connectivity index is 2.08. The molecule has 1 heterocycles. The third-order valence-corrected chi connectivity index (χ3v) is 2.10. The minimum atomic E-state index is -2.51. The number of nitrogens with zero attached hydrogens (tertiary/aromatic N) is 1. The summed E-state index contributed by atoms with van der Waals surface area (Å²) >= 11 is 0. The maximum absolute atomic E-state index is 12.5. The molecule has 1 aromatic rings. The number of halogens is 2. The first-order valence-corrected chi connectivity index (χ1v) is 4.05. The van der Waals surface area contributed by atoms with E-state index >= 15 is 0 Å². The van der Waals surface area contributed by atoms with Gasteiger partial charge in [-0.25, -0.2) is 8.78 Å². The van der Waals surface area contributed by atoms with Gasteiger partial charge in [-0.1, -0.05) is 0 Å². The Morgan fingerprint density at radius 1 is 1.15 bits per heavy atom. The van der Waals surface area contributed by atoms with E-state index in [1.54, 1.807) is 29.2 Å². The van der Waals surface area contributed by atoms with Gasteiger partial charge >= 0.3 is 0 Å². The van der Waals surface area contributed by atoms with Gasteiger partial charge in [-0.05, 0) is 24.3 Å². The average Bonchev–Trinajstić information content (AvgIpc) is 2.01. The Hall–Kier alpha value is -1.32. The zero-order valence-electron chi connectivity index (χ0n) is 7.00. The number of hydrogen-bond acceptors (Lipinski definition) is 2. The van der Waals surface area contributed by atoms with Crippen molar-refractivity contribution in [3.8, 4) is 0 Å². The van der Waals surface area contributed by atoms with Crippen LogP contribution in [0.25, 0.3) is 0 Å². The number of benzene rings is 1. The van der Waals surface area contributed by atoms with Gasteiger partial charge in [0.05, 0.1) is 13.1 Å². The van der Waals surface area contributed by atoms with Crippen LogP contribution < -0.4 is 10.6 Å². The van der Waals surface area contributed by atoms with E-state index in [0.29, 0.717) is 5.69 Å². The molecule has 1 saturated heterocycles. The highest BCUT2D eigenvalue weighted by Crippen LogP contribution is 2.31. The lowest BCUT2D eigenvalue weighted by Gasteiger charge is -2.40. The molecule has 0 amide bonds. The number of hydrogen-bond donors (Lipinski definition) is 1.